The first-order valence-electron chi connectivity index (χ1n) is 6.85. The Balaban J connectivity index is 1.84. The topological polar surface area (TPSA) is 37.6 Å². The van der Waals surface area contributed by atoms with Gasteiger partial charge in [0, 0.05) is 11.1 Å². The van der Waals surface area contributed by atoms with Crippen molar-refractivity contribution in [3.05, 3.63) is 52.1 Å². The number of amides is 1. The average molecular weight is 337 g/mol. The molecule has 118 valence electrons. The first-order valence-corrected chi connectivity index (χ1v) is 7.73. The molecule has 8 heteroatoms. The zero-order chi connectivity index (χ0) is 16.2. The normalized spacial score (nSPS) is 14.7. The molecule has 23 heavy (non-hydrogen) atoms. The summed E-state index contributed by atoms with van der Waals surface area (Å²) in [5.74, 6) is -0.189. The third-order valence-electron chi connectivity index (χ3n) is 3.83. The summed E-state index contributed by atoms with van der Waals surface area (Å²) < 4.78 is 41.3. The van der Waals surface area contributed by atoms with Crippen molar-refractivity contribution in [1.29, 1.82) is 0 Å². The van der Waals surface area contributed by atoms with Gasteiger partial charge in [-0.25, -0.2) is 4.98 Å². The van der Waals surface area contributed by atoms with Gasteiger partial charge in [-0.1, -0.05) is 6.07 Å². The fraction of sp³-hybridized carbons (Fsp3) is 0.200. The lowest BCUT2D eigenvalue weighted by Crippen LogP contribution is -2.28. The van der Waals surface area contributed by atoms with Crippen molar-refractivity contribution in [3.63, 3.8) is 0 Å². The van der Waals surface area contributed by atoms with E-state index in [1.807, 2.05) is 5.38 Å². The zero-order valence-corrected chi connectivity index (χ0v) is 12.5. The maximum atomic E-state index is 13.3. The molecule has 0 spiro atoms. The molecule has 3 aromatic rings. The van der Waals surface area contributed by atoms with Crippen molar-refractivity contribution in [2.75, 3.05) is 4.90 Å². The Labute approximate surface area is 132 Å². The average Bonchev–Trinajstić information content (AvgIpc) is 3.14. The van der Waals surface area contributed by atoms with E-state index < -0.39 is 11.9 Å². The van der Waals surface area contributed by atoms with E-state index >= 15 is 0 Å². The summed E-state index contributed by atoms with van der Waals surface area (Å²) in [5.41, 5.74) is -0.0632. The lowest BCUT2D eigenvalue weighted by atomic mass is 10.3. The number of aromatic nitrogens is 2. The second kappa shape index (κ2) is 4.82. The van der Waals surface area contributed by atoms with Crippen molar-refractivity contribution < 1.29 is 18.0 Å². The number of pyridine rings is 1. The van der Waals surface area contributed by atoms with E-state index in [0.717, 1.165) is 4.88 Å². The van der Waals surface area contributed by atoms with Crippen LogP contribution in [0.4, 0.5) is 18.9 Å². The molecular weight excluding hydrogens is 327 g/mol. The van der Waals surface area contributed by atoms with Crippen molar-refractivity contribution >= 4 is 28.6 Å². The number of thiophene rings is 1. The van der Waals surface area contributed by atoms with Crippen LogP contribution >= 0.6 is 11.3 Å². The summed E-state index contributed by atoms with van der Waals surface area (Å²) in [6, 6.07) is 6.55. The second-order valence-corrected chi connectivity index (χ2v) is 6.22. The summed E-state index contributed by atoms with van der Waals surface area (Å²) >= 11 is 1.44. The van der Waals surface area contributed by atoms with Gasteiger partial charge in [-0.15, -0.1) is 11.3 Å². The largest absolute Gasteiger partial charge is 0.435 e. The Morgan fingerprint density at radius 2 is 2.09 bits per heavy atom. The van der Waals surface area contributed by atoms with Crippen LogP contribution in [0.3, 0.4) is 0 Å². The first kappa shape index (κ1) is 14.3. The van der Waals surface area contributed by atoms with Gasteiger partial charge in [-0.2, -0.15) is 13.2 Å². The summed E-state index contributed by atoms with van der Waals surface area (Å²) in [6.45, 7) is -0.150. The predicted octanol–water partition coefficient (Wildman–Crippen LogP) is 3.50. The number of rotatable bonds is 2. The van der Waals surface area contributed by atoms with E-state index in [1.165, 1.54) is 32.9 Å². The van der Waals surface area contributed by atoms with Crippen molar-refractivity contribution in [3.8, 4) is 0 Å². The molecule has 0 unspecified atom stereocenters. The van der Waals surface area contributed by atoms with Crippen LogP contribution in [0, 0.1) is 0 Å². The highest BCUT2D eigenvalue weighted by atomic mass is 32.1. The number of hydrogen-bond donors (Lipinski definition) is 0. The molecule has 1 aliphatic heterocycles. The van der Waals surface area contributed by atoms with Gasteiger partial charge in [0.05, 0.1) is 24.3 Å². The van der Waals surface area contributed by atoms with Crippen molar-refractivity contribution in [2.24, 2.45) is 0 Å². The maximum absolute atomic E-state index is 13.3. The van der Waals surface area contributed by atoms with Crippen LogP contribution in [0.15, 0.2) is 35.8 Å². The van der Waals surface area contributed by atoms with E-state index in [1.54, 1.807) is 18.2 Å². The van der Waals surface area contributed by atoms with Crippen LogP contribution in [0.25, 0.3) is 5.65 Å². The van der Waals surface area contributed by atoms with E-state index in [9.17, 15) is 18.0 Å². The number of imidazole rings is 1. The van der Waals surface area contributed by atoms with Gasteiger partial charge < -0.3 is 9.30 Å². The number of carbonyl (C=O) groups excluding carboxylic acids is 1. The summed E-state index contributed by atoms with van der Waals surface area (Å²) in [6.07, 6.45) is -2.80. The van der Waals surface area contributed by atoms with Gasteiger partial charge in [0.1, 0.15) is 5.65 Å². The number of fused-ring (bicyclic) bond motifs is 2. The smallest absolute Gasteiger partial charge is 0.305 e. The van der Waals surface area contributed by atoms with Gasteiger partial charge in [-0.05, 0) is 23.6 Å². The monoisotopic (exact) mass is 337 g/mol. The minimum Gasteiger partial charge on any atom is -0.305 e. The Morgan fingerprint density at radius 3 is 2.87 bits per heavy atom. The van der Waals surface area contributed by atoms with Crippen LogP contribution in [-0.4, -0.2) is 15.3 Å². The highest BCUT2D eigenvalue weighted by Gasteiger charge is 2.39. The second-order valence-electron chi connectivity index (χ2n) is 5.22. The summed E-state index contributed by atoms with van der Waals surface area (Å²) in [5, 5.41) is 1.84. The number of halogens is 3. The number of nitrogens with zero attached hydrogens (tertiary/aromatic N) is 3. The highest BCUT2D eigenvalue weighted by Crippen LogP contribution is 2.37. The van der Waals surface area contributed by atoms with Gasteiger partial charge in [0.15, 0.2) is 5.69 Å². The predicted molar refractivity (Wildman–Crippen MR) is 79.4 cm³/mol. The molecule has 3 aromatic heterocycles. The van der Waals surface area contributed by atoms with Crippen LogP contribution in [0.1, 0.15) is 16.3 Å². The molecule has 0 aliphatic carbocycles. The fourth-order valence-electron chi connectivity index (χ4n) is 2.82. The molecule has 0 saturated carbocycles. The van der Waals surface area contributed by atoms with E-state index in [0.29, 0.717) is 5.69 Å². The molecule has 0 aromatic carbocycles. The highest BCUT2D eigenvalue weighted by molar-refractivity contribution is 7.10. The van der Waals surface area contributed by atoms with E-state index in [2.05, 4.69) is 4.98 Å². The maximum Gasteiger partial charge on any atom is 0.435 e. The Morgan fingerprint density at radius 1 is 1.26 bits per heavy atom. The summed E-state index contributed by atoms with van der Waals surface area (Å²) in [7, 11) is 0. The number of carbonyl (C=O) groups is 1. The third kappa shape index (κ3) is 2.21. The third-order valence-corrected chi connectivity index (χ3v) is 4.74. The SMILES string of the molecule is O=C1Cc2sccc2N1Cc1c(C(F)(F)F)nc2ccccn12. The Hall–Kier alpha value is -2.35. The zero-order valence-electron chi connectivity index (χ0n) is 11.7. The van der Waals surface area contributed by atoms with Crippen molar-refractivity contribution in [2.45, 2.75) is 19.1 Å². The van der Waals surface area contributed by atoms with Gasteiger partial charge in [0.2, 0.25) is 5.91 Å². The number of hydrogen-bond acceptors (Lipinski definition) is 3. The fourth-order valence-corrected chi connectivity index (χ4v) is 3.69. The van der Waals surface area contributed by atoms with Gasteiger partial charge in [-0.3, -0.25) is 4.79 Å². The van der Waals surface area contributed by atoms with Gasteiger partial charge >= 0.3 is 6.18 Å². The van der Waals surface area contributed by atoms with E-state index in [4.69, 9.17) is 0 Å². The molecule has 0 bridgehead atoms. The van der Waals surface area contributed by atoms with Crippen LogP contribution in [0.2, 0.25) is 0 Å². The molecule has 0 fully saturated rings. The molecule has 0 saturated heterocycles. The lowest BCUT2D eigenvalue weighted by Gasteiger charge is -2.17. The minimum absolute atomic E-state index is 0.0273. The van der Waals surface area contributed by atoms with Crippen LogP contribution in [-0.2, 0) is 23.9 Å². The Bertz CT molecular complexity index is 912. The number of alkyl halides is 3. The lowest BCUT2D eigenvalue weighted by molar-refractivity contribution is -0.141. The molecule has 0 radical (unpaired) electrons. The Kier molecular flexibility index (Phi) is 2.99. The molecule has 0 atom stereocenters. The van der Waals surface area contributed by atoms with E-state index in [-0.39, 0.29) is 30.2 Å². The van der Waals surface area contributed by atoms with Gasteiger partial charge in [0.25, 0.3) is 0 Å². The molecule has 1 aliphatic rings. The van der Waals surface area contributed by atoms with Crippen molar-refractivity contribution in [1.82, 2.24) is 9.38 Å². The molecule has 4 rings (SSSR count). The molecular formula is C15H10F3N3OS. The quantitative estimate of drug-likeness (QED) is 0.718. The molecule has 4 nitrogen and oxygen atoms in total. The first-order chi connectivity index (χ1) is 10.9. The standard InChI is InChI=1S/C15H10F3N3OS/c16-15(17,18)14-10(20-5-2-1-3-12(20)19-14)8-21-9-4-6-23-11(9)7-13(21)22/h1-6H,7-8H2. The minimum atomic E-state index is -4.57. The van der Waals surface area contributed by atoms with Crippen LogP contribution < -0.4 is 4.90 Å². The van der Waals surface area contributed by atoms with Crippen LogP contribution in [0.5, 0.6) is 0 Å². The summed E-state index contributed by atoms with van der Waals surface area (Å²) in [4.78, 5) is 18.1. The molecule has 1 amide bonds. The number of anilines is 1. The molecule has 0 N–H and O–H groups in total. The molecule has 4 heterocycles.